The van der Waals surface area contributed by atoms with Gasteiger partial charge in [-0.25, -0.2) is 4.79 Å². The molecule has 22 heavy (non-hydrogen) atoms. The third-order valence-electron chi connectivity index (χ3n) is 4.09. The maximum Gasteiger partial charge on any atom is 0.411 e. The first-order valence-electron chi connectivity index (χ1n) is 7.77. The van der Waals surface area contributed by atoms with Crippen molar-refractivity contribution in [1.82, 2.24) is 0 Å². The van der Waals surface area contributed by atoms with Crippen molar-refractivity contribution in [2.45, 2.75) is 25.6 Å². The van der Waals surface area contributed by atoms with E-state index in [9.17, 15) is 4.79 Å². The van der Waals surface area contributed by atoms with Gasteiger partial charge in [-0.05, 0) is 31.2 Å². The molecule has 1 spiro atoms. The molecule has 0 saturated carbocycles. The van der Waals surface area contributed by atoms with E-state index in [-0.39, 0.29) is 5.79 Å². The predicted octanol–water partition coefficient (Wildman–Crippen LogP) is 2.60. The molecule has 2 aliphatic rings. The molecule has 2 aliphatic heterocycles. The van der Waals surface area contributed by atoms with E-state index in [0.29, 0.717) is 19.8 Å². The molecule has 0 unspecified atom stereocenters. The highest BCUT2D eigenvalue weighted by molar-refractivity contribution is 5.84. The van der Waals surface area contributed by atoms with Crippen LogP contribution in [0.5, 0.6) is 0 Å². The normalized spacial score (nSPS) is 20.1. The molecule has 6 heteroatoms. The maximum absolute atomic E-state index is 11.4. The molecule has 1 aromatic carbocycles. The van der Waals surface area contributed by atoms with Gasteiger partial charge >= 0.3 is 6.09 Å². The molecule has 1 N–H and O–H groups in total. The van der Waals surface area contributed by atoms with Crippen LogP contribution < -0.4 is 10.2 Å². The summed E-state index contributed by atoms with van der Waals surface area (Å²) in [5.74, 6) is -0.345. The Hall–Kier alpha value is -1.79. The van der Waals surface area contributed by atoms with E-state index < -0.39 is 6.09 Å². The summed E-state index contributed by atoms with van der Waals surface area (Å²) in [6.07, 6.45) is 1.34. The Morgan fingerprint density at radius 1 is 1.23 bits per heavy atom. The Morgan fingerprint density at radius 2 is 1.86 bits per heavy atom. The highest BCUT2D eigenvalue weighted by Crippen LogP contribution is 2.33. The summed E-state index contributed by atoms with van der Waals surface area (Å²) in [6, 6.07) is 7.80. The first kappa shape index (κ1) is 15.1. The van der Waals surface area contributed by atoms with E-state index in [2.05, 4.69) is 10.2 Å². The third kappa shape index (κ3) is 3.34. The summed E-state index contributed by atoms with van der Waals surface area (Å²) in [7, 11) is 0. The molecular weight excluding hydrogens is 284 g/mol. The average molecular weight is 306 g/mol. The van der Waals surface area contributed by atoms with Crippen molar-refractivity contribution in [1.29, 1.82) is 0 Å². The standard InChI is InChI=1S/C16H22N2O4/c1-2-20-15(19)17-13-3-5-14(6-4-13)18-9-7-16(8-10-18)21-11-12-22-16/h3-6H,2,7-12H2,1H3,(H,17,19). The molecule has 0 bridgehead atoms. The Balaban J connectivity index is 1.56. The number of amides is 1. The number of piperidine rings is 1. The van der Waals surface area contributed by atoms with Gasteiger partial charge in [0, 0.05) is 37.3 Å². The molecule has 2 saturated heterocycles. The van der Waals surface area contributed by atoms with Crippen LogP contribution in [0.1, 0.15) is 19.8 Å². The Kier molecular flexibility index (Phi) is 4.49. The molecule has 0 aromatic heterocycles. The molecule has 0 aliphatic carbocycles. The van der Waals surface area contributed by atoms with Gasteiger partial charge in [0.2, 0.25) is 0 Å². The van der Waals surface area contributed by atoms with Gasteiger partial charge in [-0.3, -0.25) is 5.32 Å². The fourth-order valence-electron chi connectivity index (χ4n) is 2.93. The van der Waals surface area contributed by atoms with E-state index >= 15 is 0 Å². The number of carbonyl (C=O) groups is 1. The van der Waals surface area contributed by atoms with Crippen molar-refractivity contribution in [3.05, 3.63) is 24.3 Å². The van der Waals surface area contributed by atoms with Crippen LogP contribution in [-0.4, -0.2) is 44.8 Å². The second-order valence-corrected chi connectivity index (χ2v) is 5.49. The SMILES string of the molecule is CCOC(=O)Nc1ccc(N2CCC3(CC2)OCCO3)cc1. The Labute approximate surface area is 130 Å². The lowest BCUT2D eigenvalue weighted by molar-refractivity contribution is -0.169. The van der Waals surface area contributed by atoms with E-state index in [1.807, 2.05) is 24.3 Å². The molecule has 120 valence electrons. The lowest BCUT2D eigenvalue weighted by atomic mass is 10.0. The van der Waals surface area contributed by atoms with Crippen LogP contribution in [-0.2, 0) is 14.2 Å². The van der Waals surface area contributed by atoms with E-state index in [4.69, 9.17) is 14.2 Å². The maximum atomic E-state index is 11.4. The Bertz CT molecular complexity index is 501. The summed E-state index contributed by atoms with van der Waals surface area (Å²) < 4.78 is 16.3. The van der Waals surface area contributed by atoms with Crippen molar-refractivity contribution in [3.63, 3.8) is 0 Å². The van der Waals surface area contributed by atoms with E-state index in [0.717, 1.165) is 37.3 Å². The number of anilines is 2. The molecule has 0 atom stereocenters. The first-order valence-corrected chi connectivity index (χ1v) is 7.77. The average Bonchev–Trinajstić information content (AvgIpc) is 2.97. The fraction of sp³-hybridized carbons (Fsp3) is 0.562. The van der Waals surface area contributed by atoms with Crippen molar-refractivity contribution in [2.75, 3.05) is 43.1 Å². The van der Waals surface area contributed by atoms with Crippen molar-refractivity contribution in [2.24, 2.45) is 0 Å². The molecule has 2 heterocycles. The number of hydrogen-bond donors (Lipinski definition) is 1. The summed E-state index contributed by atoms with van der Waals surface area (Å²) in [5.41, 5.74) is 1.88. The smallest absolute Gasteiger partial charge is 0.411 e. The van der Waals surface area contributed by atoms with Gasteiger partial charge in [-0.2, -0.15) is 0 Å². The minimum atomic E-state index is -0.425. The third-order valence-corrected chi connectivity index (χ3v) is 4.09. The summed E-state index contributed by atoms with van der Waals surface area (Å²) >= 11 is 0. The Morgan fingerprint density at radius 3 is 2.45 bits per heavy atom. The number of rotatable bonds is 3. The zero-order valence-electron chi connectivity index (χ0n) is 12.8. The van der Waals surface area contributed by atoms with Crippen LogP contribution >= 0.6 is 0 Å². The molecule has 1 aromatic rings. The van der Waals surface area contributed by atoms with Gasteiger partial charge in [0.15, 0.2) is 5.79 Å². The van der Waals surface area contributed by atoms with Crippen LogP contribution in [0.2, 0.25) is 0 Å². The topological polar surface area (TPSA) is 60.0 Å². The summed E-state index contributed by atoms with van der Waals surface area (Å²) in [4.78, 5) is 13.7. The van der Waals surface area contributed by atoms with Gasteiger partial charge < -0.3 is 19.1 Å². The van der Waals surface area contributed by atoms with Crippen LogP contribution in [0, 0.1) is 0 Å². The molecule has 6 nitrogen and oxygen atoms in total. The van der Waals surface area contributed by atoms with Gasteiger partial charge in [-0.15, -0.1) is 0 Å². The lowest BCUT2D eigenvalue weighted by Crippen LogP contribution is -2.45. The molecule has 2 fully saturated rings. The van der Waals surface area contributed by atoms with Crippen LogP contribution in [0.25, 0.3) is 0 Å². The zero-order valence-corrected chi connectivity index (χ0v) is 12.8. The van der Waals surface area contributed by atoms with Crippen LogP contribution in [0.15, 0.2) is 24.3 Å². The second kappa shape index (κ2) is 6.54. The summed E-state index contributed by atoms with van der Waals surface area (Å²) in [5, 5.41) is 2.69. The van der Waals surface area contributed by atoms with Crippen molar-refractivity contribution in [3.8, 4) is 0 Å². The van der Waals surface area contributed by atoms with Crippen molar-refractivity contribution < 1.29 is 19.0 Å². The fourth-order valence-corrected chi connectivity index (χ4v) is 2.93. The van der Waals surface area contributed by atoms with Gasteiger partial charge in [0.25, 0.3) is 0 Å². The van der Waals surface area contributed by atoms with Gasteiger partial charge in [0.1, 0.15) is 0 Å². The largest absolute Gasteiger partial charge is 0.450 e. The molecule has 0 radical (unpaired) electrons. The quantitative estimate of drug-likeness (QED) is 0.930. The number of benzene rings is 1. The highest BCUT2D eigenvalue weighted by atomic mass is 16.7. The number of nitrogens with zero attached hydrogens (tertiary/aromatic N) is 1. The predicted molar refractivity (Wildman–Crippen MR) is 83.2 cm³/mol. The number of nitrogens with one attached hydrogen (secondary N) is 1. The summed E-state index contributed by atoms with van der Waals surface area (Å²) in [6.45, 7) is 5.37. The molecule has 1 amide bonds. The molecule has 3 rings (SSSR count). The van der Waals surface area contributed by atoms with Crippen LogP contribution in [0.4, 0.5) is 16.2 Å². The van der Waals surface area contributed by atoms with Gasteiger partial charge in [-0.1, -0.05) is 0 Å². The van der Waals surface area contributed by atoms with E-state index in [1.165, 1.54) is 0 Å². The monoisotopic (exact) mass is 306 g/mol. The van der Waals surface area contributed by atoms with Gasteiger partial charge in [0.05, 0.1) is 19.8 Å². The van der Waals surface area contributed by atoms with Crippen LogP contribution in [0.3, 0.4) is 0 Å². The number of hydrogen-bond acceptors (Lipinski definition) is 5. The lowest BCUT2D eigenvalue weighted by Gasteiger charge is -2.38. The molecular formula is C16H22N2O4. The minimum absolute atomic E-state index is 0.345. The first-order chi connectivity index (χ1) is 10.7. The number of carbonyl (C=O) groups excluding carboxylic acids is 1. The number of ether oxygens (including phenoxy) is 3. The zero-order chi connectivity index (χ0) is 15.4. The second-order valence-electron chi connectivity index (χ2n) is 5.49. The van der Waals surface area contributed by atoms with E-state index in [1.54, 1.807) is 6.92 Å². The van der Waals surface area contributed by atoms with Crippen molar-refractivity contribution >= 4 is 17.5 Å². The minimum Gasteiger partial charge on any atom is -0.450 e. The highest BCUT2D eigenvalue weighted by Gasteiger charge is 2.39.